The first kappa shape index (κ1) is 20.0. The van der Waals surface area contributed by atoms with Gasteiger partial charge in [0, 0.05) is 42.9 Å². The summed E-state index contributed by atoms with van der Waals surface area (Å²) in [6, 6.07) is 12.5. The molecule has 0 spiro atoms. The van der Waals surface area contributed by atoms with E-state index in [-0.39, 0.29) is 30.1 Å². The summed E-state index contributed by atoms with van der Waals surface area (Å²) in [5, 5.41) is 26.9. The zero-order chi connectivity index (χ0) is 23.7. The standard InChI is InChI=1S/C25H20N8O2/c26-13-25(18-10-31(14-27)11-19(18)25)23-4-2-16(9-28-23)15-1-3-20-17(7-15)8-21-22(35-24(34)33(20)21)12-32-6-5-29-30-32/h1-7,9,18-19,21-22H,8,10-12H2/t18?,19?,21-,22?,25?/m0/s1. The Bertz CT molecular complexity index is 1410. The van der Waals surface area contributed by atoms with E-state index in [2.05, 4.69) is 33.6 Å². The average molecular weight is 464 g/mol. The smallest absolute Gasteiger partial charge is 0.415 e. The number of hydrogen-bond donors (Lipinski definition) is 0. The monoisotopic (exact) mass is 464 g/mol. The minimum absolute atomic E-state index is 0.0739. The summed E-state index contributed by atoms with van der Waals surface area (Å²) in [6.07, 6.45) is 7.46. The maximum absolute atomic E-state index is 12.6. The molecule has 172 valence electrons. The summed E-state index contributed by atoms with van der Waals surface area (Å²) >= 11 is 0. The summed E-state index contributed by atoms with van der Waals surface area (Å²) in [6.45, 7) is 1.72. The Morgan fingerprint density at radius 2 is 1.97 bits per heavy atom. The minimum Gasteiger partial charge on any atom is -0.442 e. The maximum Gasteiger partial charge on any atom is 0.415 e. The Morgan fingerprint density at radius 1 is 1.14 bits per heavy atom. The Morgan fingerprint density at radius 3 is 2.66 bits per heavy atom. The molecular weight excluding hydrogens is 444 g/mol. The molecule has 3 aliphatic heterocycles. The third-order valence-electron chi connectivity index (χ3n) is 8.04. The van der Waals surface area contributed by atoms with Crippen molar-refractivity contribution in [3.05, 3.63) is 60.2 Å². The van der Waals surface area contributed by atoms with Crippen LogP contribution in [0, 0.1) is 34.6 Å². The number of rotatable bonds is 4. The van der Waals surface area contributed by atoms with Crippen molar-refractivity contribution in [2.45, 2.75) is 30.5 Å². The first-order valence-corrected chi connectivity index (χ1v) is 11.6. The van der Waals surface area contributed by atoms with E-state index in [0.29, 0.717) is 26.1 Å². The molecule has 1 amide bonds. The fraction of sp³-hybridized carbons (Fsp3) is 0.360. The predicted octanol–water partition coefficient (Wildman–Crippen LogP) is 2.09. The van der Waals surface area contributed by atoms with Crippen LogP contribution >= 0.6 is 0 Å². The second kappa shape index (κ2) is 7.03. The number of nitriles is 2. The summed E-state index contributed by atoms with van der Waals surface area (Å²) in [4.78, 5) is 20.8. The third-order valence-corrected chi connectivity index (χ3v) is 8.04. The van der Waals surface area contributed by atoms with Crippen LogP contribution in [0.1, 0.15) is 11.3 Å². The second-order valence-corrected chi connectivity index (χ2v) is 9.66. The van der Waals surface area contributed by atoms with E-state index in [9.17, 15) is 10.1 Å². The molecule has 35 heavy (non-hydrogen) atoms. The van der Waals surface area contributed by atoms with Gasteiger partial charge in [-0.2, -0.15) is 10.5 Å². The van der Waals surface area contributed by atoms with Crippen molar-refractivity contribution in [1.29, 1.82) is 10.5 Å². The van der Waals surface area contributed by atoms with E-state index in [1.165, 1.54) is 0 Å². The van der Waals surface area contributed by atoms with Gasteiger partial charge in [-0.1, -0.05) is 17.3 Å². The zero-order valence-electron chi connectivity index (χ0n) is 18.7. The van der Waals surface area contributed by atoms with E-state index < -0.39 is 5.41 Å². The third kappa shape index (κ3) is 2.74. The highest BCUT2D eigenvalue weighted by atomic mass is 16.6. The largest absolute Gasteiger partial charge is 0.442 e. The van der Waals surface area contributed by atoms with Gasteiger partial charge in [0.2, 0.25) is 0 Å². The van der Waals surface area contributed by atoms with Crippen LogP contribution in [0.5, 0.6) is 0 Å². The van der Waals surface area contributed by atoms with Crippen LogP contribution in [0.15, 0.2) is 48.9 Å². The van der Waals surface area contributed by atoms with Crippen LogP contribution in [0.2, 0.25) is 0 Å². The summed E-state index contributed by atoms with van der Waals surface area (Å²) in [5.74, 6) is 0.341. The Kier molecular flexibility index (Phi) is 4.01. The van der Waals surface area contributed by atoms with Crippen LogP contribution in [-0.4, -0.2) is 56.2 Å². The molecular formula is C25H20N8O2. The second-order valence-electron chi connectivity index (χ2n) is 9.66. The lowest BCUT2D eigenvalue weighted by atomic mass is 9.95. The van der Waals surface area contributed by atoms with E-state index in [0.717, 1.165) is 28.1 Å². The molecule has 3 aromatic rings. The molecule has 3 unspecified atom stereocenters. The molecule has 4 aliphatic rings. The molecule has 1 aliphatic carbocycles. The highest BCUT2D eigenvalue weighted by Crippen LogP contribution is 2.62. The summed E-state index contributed by atoms with van der Waals surface area (Å²) in [7, 11) is 0. The van der Waals surface area contributed by atoms with Crippen LogP contribution in [-0.2, 0) is 23.1 Å². The Labute approximate surface area is 200 Å². The minimum atomic E-state index is -0.575. The van der Waals surface area contributed by atoms with Gasteiger partial charge < -0.3 is 9.64 Å². The molecule has 2 aromatic heterocycles. The van der Waals surface area contributed by atoms with Crippen molar-refractivity contribution in [3.8, 4) is 23.4 Å². The number of carbonyl (C=O) groups is 1. The maximum atomic E-state index is 12.6. The molecule has 1 aromatic carbocycles. The van der Waals surface area contributed by atoms with Gasteiger partial charge >= 0.3 is 6.09 Å². The van der Waals surface area contributed by atoms with Crippen LogP contribution in [0.3, 0.4) is 0 Å². The Hall–Kier alpha value is -4.44. The van der Waals surface area contributed by atoms with Crippen molar-refractivity contribution < 1.29 is 9.53 Å². The number of carbonyl (C=O) groups excluding carboxylic acids is 1. The number of aromatic nitrogens is 4. The number of pyridine rings is 1. The van der Waals surface area contributed by atoms with Gasteiger partial charge in [0.15, 0.2) is 6.19 Å². The molecule has 1 saturated carbocycles. The topological polar surface area (TPSA) is 124 Å². The number of nitrogens with zero attached hydrogens (tertiary/aromatic N) is 8. The summed E-state index contributed by atoms with van der Waals surface area (Å²) < 4.78 is 7.30. The molecule has 3 fully saturated rings. The van der Waals surface area contributed by atoms with Crippen molar-refractivity contribution in [1.82, 2.24) is 24.9 Å². The van der Waals surface area contributed by atoms with Crippen LogP contribution in [0.4, 0.5) is 10.5 Å². The van der Waals surface area contributed by atoms with Crippen molar-refractivity contribution in [2.24, 2.45) is 11.8 Å². The first-order chi connectivity index (χ1) is 17.1. The van der Waals surface area contributed by atoms with Gasteiger partial charge in [0.1, 0.15) is 11.5 Å². The van der Waals surface area contributed by atoms with Crippen molar-refractivity contribution >= 4 is 11.8 Å². The number of piperidine rings is 1. The molecule has 10 heteroatoms. The normalized spacial score (nSPS) is 29.7. The zero-order valence-corrected chi connectivity index (χ0v) is 18.7. The lowest BCUT2D eigenvalue weighted by Gasteiger charge is -2.17. The fourth-order valence-electron chi connectivity index (χ4n) is 6.25. The van der Waals surface area contributed by atoms with Gasteiger partial charge in [-0.25, -0.2) is 9.48 Å². The SMILES string of the molecule is N#CN1CC2C(C1)C2(C#N)c1ccc(-c2ccc3c(c2)C[C@H]2C(Cn4ccnn4)OC(=O)N32)cn1. The van der Waals surface area contributed by atoms with Crippen molar-refractivity contribution in [3.63, 3.8) is 0 Å². The molecule has 5 heterocycles. The van der Waals surface area contributed by atoms with E-state index >= 15 is 0 Å². The van der Waals surface area contributed by atoms with Gasteiger partial charge in [-0.05, 0) is 35.7 Å². The highest BCUT2D eigenvalue weighted by molar-refractivity contribution is 5.94. The number of anilines is 1. The molecule has 4 atom stereocenters. The highest BCUT2D eigenvalue weighted by Gasteiger charge is 2.71. The predicted molar refractivity (Wildman–Crippen MR) is 121 cm³/mol. The summed E-state index contributed by atoms with van der Waals surface area (Å²) in [5.41, 5.74) is 4.17. The molecule has 0 radical (unpaired) electrons. The number of hydrogen-bond acceptors (Lipinski definition) is 8. The van der Waals surface area contributed by atoms with E-state index in [1.807, 2.05) is 30.5 Å². The van der Waals surface area contributed by atoms with Gasteiger partial charge in [-0.15, -0.1) is 5.10 Å². The molecule has 0 N–H and O–H groups in total. The van der Waals surface area contributed by atoms with Crippen molar-refractivity contribution in [2.75, 3.05) is 18.0 Å². The number of fused-ring (bicyclic) bond motifs is 4. The van der Waals surface area contributed by atoms with Gasteiger partial charge in [0.05, 0.1) is 36.2 Å². The van der Waals surface area contributed by atoms with E-state index in [1.54, 1.807) is 26.9 Å². The number of ether oxygens (including phenoxy) is 1. The quantitative estimate of drug-likeness (QED) is 0.538. The number of cyclic esters (lactones) is 1. The lowest BCUT2D eigenvalue weighted by Crippen LogP contribution is -2.35. The Balaban J connectivity index is 1.12. The average Bonchev–Trinajstić information content (AvgIpc) is 3.47. The van der Waals surface area contributed by atoms with Gasteiger partial charge in [-0.3, -0.25) is 9.88 Å². The van der Waals surface area contributed by atoms with Gasteiger partial charge in [0.25, 0.3) is 0 Å². The number of benzene rings is 1. The van der Waals surface area contributed by atoms with E-state index in [4.69, 9.17) is 10.00 Å². The first-order valence-electron chi connectivity index (χ1n) is 11.6. The number of amides is 1. The lowest BCUT2D eigenvalue weighted by molar-refractivity contribution is 0.117. The molecule has 7 rings (SSSR count). The van der Waals surface area contributed by atoms with Crippen LogP contribution in [0.25, 0.3) is 11.1 Å². The molecule has 2 saturated heterocycles. The number of likely N-dealkylation sites (tertiary alicyclic amines) is 1. The van der Waals surface area contributed by atoms with Crippen LogP contribution < -0.4 is 4.90 Å². The fourth-order valence-corrected chi connectivity index (χ4v) is 6.25. The molecule has 0 bridgehead atoms. The molecule has 10 nitrogen and oxygen atoms in total.